The van der Waals surface area contributed by atoms with Crippen molar-refractivity contribution in [3.05, 3.63) is 35.4 Å². The van der Waals surface area contributed by atoms with Crippen LogP contribution in [-0.2, 0) is 11.2 Å². The number of rotatable bonds is 3. The third-order valence-electron chi connectivity index (χ3n) is 3.74. The quantitative estimate of drug-likeness (QED) is 0.907. The number of amides is 1. The van der Waals surface area contributed by atoms with Gasteiger partial charge in [0.15, 0.2) is 11.6 Å². The van der Waals surface area contributed by atoms with Gasteiger partial charge < -0.3 is 10.6 Å². The molecule has 1 fully saturated rings. The van der Waals surface area contributed by atoms with Gasteiger partial charge in [-0.05, 0) is 36.1 Å². The summed E-state index contributed by atoms with van der Waals surface area (Å²) in [6.45, 7) is 3.90. The molecular weight excluding hydrogens is 250 g/mol. The first kappa shape index (κ1) is 13.9. The maximum absolute atomic E-state index is 13.1. The molecule has 1 aromatic rings. The van der Waals surface area contributed by atoms with Crippen molar-refractivity contribution in [3.63, 3.8) is 0 Å². The molecule has 1 amide bonds. The van der Waals surface area contributed by atoms with Crippen LogP contribution in [0.1, 0.15) is 18.9 Å². The monoisotopic (exact) mass is 268 g/mol. The summed E-state index contributed by atoms with van der Waals surface area (Å²) in [7, 11) is 0. The fourth-order valence-electron chi connectivity index (χ4n) is 2.34. The van der Waals surface area contributed by atoms with Crippen LogP contribution in [0.4, 0.5) is 8.78 Å². The lowest BCUT2D eigenvalue weighted by atomic mass is 9.90. The van der Waals surface area contributed by atoms with Crippen LogP contribution in [0.5, 0.6) is 0 Å². The Bertz CT molecular complexity index is 492. The first-order valence-electron chi connectivity index (χ1n) is 6.35. The lowest BCUT2D eigenvalue weighted by Crippen LogP contribution is -2.35. The van der Waals surface area contributed by atoms with E-state index in [-0.39, 0.29) is 17.7 Å². The maximum atomic E-state index is 13.1. The normalized spacial score (nSPS) is 22.8. The number of halogens is 2. The topological polar surface area (TPSA) is 46.3 Å². The van der Waals surface area contributed by atoms with E-state index < -0.39 is 11.6 Å². The molecule has 1 atom stereocenters. The van der Waals surface area contributed by atoms with Crippen LogP contribution in [0, 0.1) is 17.0 Å². The van der Waals surface area contributed by atoms with Crippen molar-refractivity contribution in [1.29, 1.82) is 0 Å². The second-order valence-electron chi connectivity index (χ2n) is 5.51. The minimum absolute atomic E-state index is 0.0241. The van der Waals surface area contributed by atoms with E-state index in [1.54, 1.807) is 4.90 Å². The van der Waals surface area contributed by atoms with Crippen molar-refractivity contribution in [2.75, 3.05) is 19.6 Å². The number of likely N-dealkylation sites (tertiary alicyclic amines) is 1. The zero-order chi connectivity index (χ0) is 14.0. The molecule has 104 valence electrons. The molecule has 1 aromatic carbocycles. The molecule has 1 aliphatic heterocycles. The fourth-order valence-corrected chi connectivity index (χ4v) is 2.34. The van der Waals surface area contributed by atoms with Gasteiger partial charge in [-0.2, -0.15) is 0 Å². The van der Waals surface area contributed by atoms with E-state index in [9.17, 15) is 13.6 Å². The van der Waals surface area contributed by atoms with Gasteiger partial charge in [-0.25, -0.2) is 8.78 Å². The number of hydrogen-bond acceptors (Lipinski definition) is 2. The van der Waals surface area contributed by atoms with Crippen molar-refractivity contribution >= 4 is 5.91 Å². The van der Waals surface area contributed by atoms with E-state index in [1.165, 1.54) is 6.07 Å². The van der Waals surface area contributed by atoms with E-state index in [0.717, 1.165) is 18.6 Å². The number of nitrogens with two attached hydrogens (primary N) is 1. The van der Waals surface area contributed by atoms with Crippen LogP contribution < -0.4 is 5.73 Å². The average molecular weight is 268 g/mol. The van der Waals surface area contributed by atoms with Gasteiger partial charge in [0.2, 0.25) is 5.91 Å². The summed E-state index contributed by atoms with van der Waals surface area (Å²) in [6, 6.07) is 3.56. The Morgan fingerprint density at radius 3 is 2.74 bits per heavy atom. The van der Waals surface area contributed by atoms with Crippen molar-refractivity contribution in [1.82, 2.24) is 4.90 Å². The molecule has 0 aliphatic carbocycles. The maximum Gasteiger partial charge on any atom is 0.227 e. The summed E-state index contributed by atoms with van der Waals surface area (Å²) < 4.78 is 25.9. The summed E-state index contributed by atoms with van der Waals surface area (Å²) in [4.78, 5) is 13.8. The van der Waals surface area contributed by atoms with Gasteiger partial charge in [0.05, 0.1) is 6.42 Å². The molecule has 3 nitrogen and oxygen atoms in total. The molecule has 1 aliphatic rings. The highest BCUT2D eigenvalue weighted by molar-refractivity contribution is 5.79. The van der Waals surface area contributed by atoms with Gasteiger partial charge in [0.25, 0.3) is 0 Å². The number of carbonyl (C=O) groups is 1. The third-order valence-corrected chi connectivity index (χ3v) is 3.74. The minimum Gasteiger partial charge on any atom is -0.342 e. The molecule has 2 N–H and O–H groups in total. The minimum atomic E-state index is -0.918. The summed E-state index contributed by atoms with van der Waals surface area (Å²) in [6.07, 6.45) is 0.977. The zero-order valence-corrected chi connectivity index (χ0v) is 11.0. The van der Waals surface area contributed by atoms with Crippen LogP contribution in [-0.4, -0.2) is 30.4 Å². The molecule has 2 rings (SSSR count). The van der Waals surface area contributed by atoms with Crippen LogP contribution in [0.3, 0.4) is 0 Å². The zero-order valence-electron chi connectivity index (χ0n) is 11.0. The second kappa shape index (κ2) is 5.25. The molecule has 1 heterocycles. The standard InChI is InChI=1S/C14H18F2N2O/c1-14(8-17)4-5-18(9-14)13(19)7-10-2-3-11(15)12(16)6-10/h2-3,6H,4-5,7-9,17H2,1H3. The van der Waals surface area contributed by atoms with Gasteiger partial charge in [0.1, 0.15) is 0 Å². The molecule has 0 spiro atoms. The SMILES string of the molecule is CC1(CN)CCN(C(=O)Cc2ccc(F)c(F)c2)C1. The number of carbonyl (C=O) groups excluding carboxylic acids is 1. The Balaban J connectivity index is 2.00. The van der Waals surface area contributed by atoms with Crippen LogP contribution >= 0.6 is 0 Å². The molecule has 1 unspecified atom stereocenters. The Morgan fingerprint density at radius 1 is 1.42 bits per heavy atom. The largest absolute Gasteiger partial charge is 0.342 e. The first-order valence-corrected chi connectivity index (χ1v) is 6.35. The van der Waals surface area contributed by atoms with E-state index >= 15 is 0 Å². The van der Waals surface area contributed by atoms with Gasteiger partial charge in [0, 0.05) is 13.1 Å². The van der Waals surface area contributed by atoms with Crippen molar-refractivity contribution in [3.8, 4) is 0 Å². The van der Waals surface area contributed by atoms with Gasteiger partial charge in [-0.1, -0.05) is 13.0 Å². The van der Waals surface area contributed by atoms with Crippen LogP contribution in [0.15, 0.2) is 18.2 Å². The van der Waals surface area contributed by atoms with Crippen LogP contribution in [0.25, 0.3) is 0 Å². The Hall–Kier alpha value is -1.49. The predicted molar refractivity (Wildman–Crippen MR) is 68.4 cm³/mol. The van der Waals surface area contributed by atoms with Gasteiger partial charge in [-0.3, -0.25) is 4.79 Å². The van der Waals surface area contributed by atoms with E-state index in [2.05, 4.69) is 6.92 Å². The lowest BCUT2D eigenvalue weighted by molar-refractivity contribution is -0.129. The molecule has 0 saturated carbocycles. The molecule has 19 heavy (non-hydrogen) atoms. The van der Waals surface area contributed by atoms with Crippen molar-refractivity contribution < 1.29 is 13.6 Å². The van der Waals surface area contributed by atoms with Crippen molar-refractivity contribution in [2.24, 2.45) is 11.1 Å². The molecule has 0 aromatic heterocycles. The number of nitrogens with zero attached hydrogens (tertiary/aromatic N) is 1. The number of benzene rings is 1. The van der Waals surface area contributed by atoms with E-state index in [1.807, 2.05) is 0 Å². The fraction of sp³-hybridized carbons (Fsp3) is 0.500. The summed E-state index contributed by atoms with van der Waals surface area (Å²) in [5.74, 6) is -1.88. The molecule has 1 saturated heterocycles. The first-order chi connectivity index (χ1) is 8.93. The van der Waals surface area contributed by atoms with E-state index in [0.29, 0.717) is 25.2 Å². The summed E-state index contributed by atoms with van der Waals surface area (Å²) in [5.41, 5.74) is 6.16. The highest BCUT2D eigenvalue weighted by atomic mass is 19.2. The van der Waals surface area contributed by atoms with Crippen molar-refractivity contribution in [2.45, 2.75) is 19.8 Å². The van der Waals surface area contributed by atoms with E-state index in [4.69, 9.17) is 5.73 Å². The molecule has 0 bridgehead atoms. The Labute approximate surface area is 111 Å². The van der Waals surface area contributed by atoms with Gasteiger partial charge in [-0.15, -0.1) is 0 Å². The predicted octanol–water partition coefficient (Wildman–Crippen LogP) is 1.70. The highest BCUT2D eigenvalue weighted by Gasteiger charge is 2.34. The smallest absolute Gasteiger partial charge is 0.227 e. The lowest BCUT2D eigenvalue weighted by Gasteiger charge is -2.22. The molecule has 0 radical (unpaired) electrons. The highest BCUT2D eigenvalue weighted by Crippen LogP contribution is 2.28. The Morgan fingerprint density at radius 2 is 2.16 bits per heavy atom. The third kappa shape index (κ3) is 3.10. The molecule has 5 heteroatoms. The Kier molecular flexibility index (Phi) is 3.85. The second-order valence-corrected chi connectivity index (χ2v) is 5.51. The average Bonchev–Trinajstić information content (AvgIpc) is 2.78. The number of hydrogen-bond donors (Lipinski definition) is 1. The summed E-state index contributed by atoms with van der Waals surface area (Å²) >= 11 is 0. The molecular formula is C14H18F2N2O. The summed E-state index contributed by atoms with van der Waals surface area (Å²) in [5, 5.41) is 0. The van der Waals surface area contributed by atoms with Gasteiger partial charge >= 0.3 is 0 Å². The van der Waals surface area contributed by atoms with Crippen LogP contribution in [0.2, 0.25) is 0 Å².